The molecule has 0 aliphatic carbocycles. The molecule has 0 N–H and O–H groups in total. The number of rotatable bonds is 5. The highest BCUT2D eigenvalue weighted by Crippen LogP contribution is 2.43. The second-order valence-corrected chi connectivity index (χ2v) is 17.8. The smallest absolute Gasteiger partial charge is 0.135 e. The van der Waals surface area contributed by atoms with Crippen LogP contribution < -0.4 is 0 Å². The fourth-order valence-electron chi connectivity index (χ4n) is 10.2. The van der Waals surface area contributed by atoms with E-state index in [1.807, 2.05) is 12.1 Å². The van der Waals surface area contributed by atoms with Gasteiger partial charge < -0.3 is 13.6 Å². The van der Waals surface area contributed by atoms with Crippen molar-refractivity contribution in [2.45, 2.75) is 0 Å². The van der Waals surface area contributed by atoms with Crippen molar-refractivity contribution in [3.63, 3.8) is 0 Å². The third-order valence-corrected chi connectivity index (χ3v) is 14.2. The average Bonchev–Trinajstić information content (AvgIpc) is 4.11. The first-order valence-electron chi connectivity index (χ1n) is 21.7. The molecule has 9 aromatic carbocycles. The first kappa shape index (κ1) is 35.4. The number of aromatic nitrogens is 3. The van der Waals surface area contributed by atoms with Gasteiger partial charge in [-0.2, -0.15) is 0 Å². The molecule has 14 aromatic rings. The molecule has 0 saturated carbocycles. The van der Waals surface area contributed by atoms with Gasteiger partial charge in [0.2, 0.25) is 0 Å². The van der Waals surface area contributed by atoms with Crippen molar-refractivity contribution in [1.29, 1.82) is 0 Å². The van der Waals surface area contributed by atoms with E-state index < -0.39 is 0 Å². The Hall–Kier alpha value is -8.25. The zero-order chi connectivity index (χ0) is 41.9. The lowest BCUT2D eigenvalue weighted by Crippen LogP contribution is -1.94. The lowest BCUT2D eigenvalue weighted by molar-refractivity contribution is 0.669. The molecule has 298 valence electrons. The number of para-hydroxylation sites is 4. The van der Waals surface area contributed by atoms with Crippen molar-refractivity contribution in [1.82, 2.24) is 14.1 Å². The first-order chi connectivity index (χ1) is 31.7. The number of hydrogen-bond donors (Lipinski definition) is 0. The topological polar surface area (TPSA) is 35.9 Å². The van der Waals surface area contributed by atoms with Crippen LogP contribution in [0.5, 0.6) is 0 Å². The van der Waals surface area contributed by atoms with Crippen LogP contribution in [0.15, 0.2) is 217 Å². The van der Waals surface area contributed by atoms with Crippen molar-refractivity contribution in [3.05, 3.63) is 212 Å². The molecule has 0 amide bonds. The molecule has 0 saturated heterocycles. The molecule has 0 radical (unpaired) electrons. The quantitative estimate of drug-likeness (QED) is 0.173. The molecule has 5 heteroatoms. The summed E-state index contributed by atoms with van der Waals surface area (Å²) in [4.78, 5) is 5.40. The minimum absolute atomic E-state index is 0.903. The van der Waals surface area contributed by atoms with Gasteiger partial charge >= 0.3 is 0 Å². The number of furan rings is 1. The van der Waals surface area contributed by atoms with Crippen molar-refractivity contribution in [2.75, 3.05) is 0 Å². The zero-order valence-corrected chi connectivity index (χ0v) is 35.2. The number of benzene rings is 9. The third kappa shape index (κ3) is 5.25. The molecule has 0 aliphatic rings. The van der Waals surface area contributed by atoms with Crippen molar-refractivity contribution in [3.8, 4) is 44.9 Å². The molecular weight excluding hydrogens is 799 g/mol. The number of fused-ring (bicyclic) bond motifs is 12. The number of hydrogen-bond acceptors (Lipinski definition) is 3. The highest BCUT2D eigenvalue weighted by atomic mass is 32.1. The van der Waals surface area contributed by atoms with Gasteiger partial charge in [-0.15, -0.1) is 11.3 Å². The van der Waals surface area contributed by atoms with Crippen LogP contribution in [0.1, 0.15) is 0 Å². The van der Waals surface area contributed by atoms with Crippen LogP contribution >= 0.6 is 11.3 Å². The Labute approximate surface area is 371 Å². The van der Waals surface area contributed by atoms with Gasteiger partial charge in [-0.25, -0.2) is 4.98 Å². The molecule has 0 fully saturated rings. The molecule has 0 unspecified atom stereocenters. The molecule has 4 nitrogen and oxygen atoms in total. The van der Waals surface area contributed by atoms with Crippen LogP contribution in [0.25, 0.3) is 131 Å². The molecule has 0 spiro atoms. The van der Waals surface area contributed by atoms with Gasteiger partial charge in [0.05, 0.1) is 38.0 Å². The Kier molecular flexibility index (Phi) is 7.53. The Morgan fingerprint density at radius 1 is 0.359 bits per heavy atom. The van der Waals surface area contributed by atoms with Crippen LogP contribution in [0, 0.1) is 0 Å². The normalized spacial score (nSPS) is 12.1. The summed E-state index contributed by atoms with van der Waals surface area (Å²) in [5, 5.41) is 8.40. The van der Waals surface area contributed by atoms with Crippen molar-refractivity contribution in [2.24, 2.45) is 0 Å². The maximum Gasteiger partial charge on any atom is 0.135 e. The third-order valence-electron chi connectivity index (χ3n) is 13.1. The largest absolute Gasteiger partial charge is 0.456 e. The molecule has 5 heterocycles. The van der Waals surface area contributed by atoms with Crippen LogP contribution in [0.3, 0.4) is 0 Å². The van der Waals surface area contributed by atoms with E-state index in [1.165, 1.54) is 64.1 Å². The van der Waals surface area contributed by atoms with E-state index in [-0.39, 0.29) is 0 Å². The maximum absolute atomic E-state index is 6.13. The SMILES string of the molecule is c1ccc(-n2c3ccccc3c3cc(-c4cccc5c4c4ccccc4n5-c4ccc5sc6ccc(-c7cccc(-c8ccc9oc%10ccccc%10c9c8)c7)nc6c5c4)ccc32)cc1. The summed E-state index contributed by atoms with van der Waals surface area (Å²) in [6.07, 6.45) is 0. The van der Waals surface area contributed by atoms with E-state index in [9.17, 15) is 0 Å². The molecule has 0 aliphatic heterocycles. The predicted molar refractivity (Wildman–Crippen MR) is 269 cm³/mol. The monoisotopic (exact) mass is 833 g/mol. The van der Waals surface area contributed by atoms with E-state index >= 15 is 0 Å². The second-order valence-electron chi connectivity index (χ2n) is 16.7. The van der Waals surface area contributed by atoms with Gasteiger partial charge in [0.15, 0.2) is 0 Å². The molecule has 0 atom stereocenters. The Morgan fingerprint density at radius 2 is 1.02 bits per heavy atom. The van der Waals surface area contributed by atoms with Crippen LogP contribution in [0.2, 0.25) is 0 Å². The van der Waals surface area contributed by atoms with E-state index in [2.05, 4.69) is 209 Å². The highest BCUT2D eigenvalue weighted by Gasteiger charge is 2.20. The average molecular weight is 834 g/mol. The van der Waals surface area contributed by atoms with Crippen molar-refractivity contribution >= 4 is 97.2 Å². The summed E-state index contributed by atoms with van der Waals surface area (Å²) in [6.45, 7) is 0. The van der Waals surface area contributed by atoms with Crippen molar-refractivity contribution < 1.29 is 4.42 Å². The molecule has 64 heavy (non-hydrogen) atoms. The summed E-state index contributed by atoms with van der Waals surface area (Å²) >= 11 is 1.80. The van der Waals surface area contributed by atoms with Crippen LogP contribution in [-0.2, 0) is 0 Å². The van der Waals surface area contributed by atoms with E-state index in [1.54, 1.807) is 11.3 Å². The Morgan fingerprint density at radius 3 is 1.92 bits per heavy atom. The molecular formula is C59H35N3OS. The highest BCUT2D eigenvalue weighted by molar-refractivity contribution is 7.25. The number of thiophene rings is 1. The minimum Gasteiger partial charge on any atom is -0.456 e. The number of pyridine rings is 1. The summed E-state index contributed by atoms with van der Waals surface area (Å²) in [5.74, 6) is 0. The predicted octanol–water partition coefficient (Wildman–Crippen LogP) is 16.5. The molecule has 14 rings (SSSR count). The Balaban J connectivity index is 0.895. The number of nitrogens with zero attached hydrogens (tertiary/aromatic N) is 3. The fourth-order valence-corrected chi connectivity index (χ4v) is 11.3. The first-order valence-corrected chi connectivity index (χ1v) is 22.5. The fraction of sp³-hybridized carbons (Fsp3) is 0. The van der Waals surface area contributed by atoms with Gasteiger partial charge in [0, 0.05) is 59.3 Å². The minimum atomic E-state index is 0.903. The molecule has 5 aromatic heterocycles. The van der Waals surface area contributed by atoms with Gasteiger partial charge in [0.25, 0.3) is 0 Å². The van der Waals surface area contributed by atoms with E-state index in [4.69, 9.17) is 9.40 Å². The van der Waals surface area contributed by atoms with Gasteiger partial charge in [0.1, 0.15) is 11.2 Å². The van der Waals surface area contributed by atoms with Gasteiger partial charge in [-0.05, 0) is 119 Å². The van der Waals surface area contributed by atoms with Crippen LogP contribution in [-0.4, -0.2) is 14.1 Å². The lowest BCUT2D eigenvalue weighted by Gasteiger charge is -2.10. The maximum atomic E-state index is 6.13. The van der Waals surface area contributed by atoms with E-state index in [0.29, 0.717) is 0 Å². The lowest BCUT2D eigenvalue weighted by atomic mass is 9.98. The summed E-state index contributed by atoms with van der Waals surface area (Å²) in [7, 11) is 0. The van der Waals surface area contributed by atoms with Gasteiger partial charge in [-0.1, -0.05) is 115 Å². The zero-order valence-electron chi connectivity index (χ0n) is 34.4. The van der Waals surface area contributed by atoms with Crippen LogP contribution in [0.4, 0.5) is 0 Å². The van der Waals surface area contributed by atoms with E-state index in [0.717, 1.165) is 66.6 Å². The summed E-state index contributed by atoms with van der Waals surface area (Å²) in [6, 6.07) is 76.7. The molecule has 0 bridgehead atoms. The second kappa shape index (κ2) is 13.6. The summed E-state index contributed by atoms with van der Waals surface area (Å²) in [5.41, 5.74) is 16.7. The standard InChI is InChI=1S/C59H35N3OS/c1-2-14-40(15-3-1)61-50-20-7-4-16-43(50)46-34-38(24-28-52(46)61)42-19-11-22-53-58(42)45-18-5-8-21-51(45)62(53)41-26-30-56-48(35-41)59-57(64-56)31-27-49(60-59)39-13-10-12-36(32-39)37-25-29-55-47(33-37)44-17-6-9-23-54(44)63-55/h1-35H. The summed E-state index contributed by atoms with van der Waals surface area (Å²) < 4.78 is 13.3. The van der Waals surface area contributed by atoms with Gasteiger partial charge in [-0.3, -0.25) is 0 Å². The Bertz CT molecular complexity index is 4200.